The fourth-order valence-corrected chi connectivity index (χ4v) is 2.42. The Morgan fingerprint density at radius 2 is 2.62 bits per heavy atom. The molecule has 2 atom stereocenters. The second kappa shape index (κ2) is 3.75. The molecule has 1 aromatic rings. The monoisotopic (exact) mass is 215 g/mol. The zero-order valence-electron chi connectivity index (χ0n) is 7.54. The average molecular weight is 215 g/mol. The third kappa shape index (κ3) is 2.28. The predicted octanol–water partition coefficient (Wildman–Crippen LogP) is 2.80. The summed E-state index contributed by atoms with van der Waals surface area (Å²) in [6, 6.07) is 0.647. The predicted molar refractivity (Wildman–Crippen MR) is 57.7 cm³/mol. The van der Waals surface area contributed by atoms with Crippen LogP contribution >= 0.6 is 23.6 Å². The van der Waals surface area contributed by atoms with Crippen LogP contribution in [0.3, 0.4) is 0 Å². The standard InChI is InChI=1S/C8H13N3S2/c1-2-3-5-4-6(5)9-7-10-11-8(12)13-7/h5-6H,2-4H2,1H3,(H,9,10)(H,11,12). The first-order valence-corrected chi connectivity index (χ1v) is 5.84. The number of anilines is 1. The number of aromatic amines is 1. The molecule has 0 radical (unpaired) electrons. The maximum absolute atomic E-state index is 4.95. The molecule has 1 aromatic heterocycles. The summed E-state index contributed by atoms with van der Waals surface area (Å²) < 4.78 is 0.746. The molecule has 1 aliphatic rings. The molecule has 0 bridgehead atoms. The number of H-pyrrole nitrogens is 1. The van der Waals surface area contributed by atoms with Crippen LogP contribution in [-0.2, 0) is 0 Å². The first-order chi connectivity index (χ1) is 6.29. The van der Waals surface area contributed by atoms with Crippen molar-refractivity contribution in [1.29, 1.82) is 0 Å². The van der Waals surface area contributed by atoms with E-state index < -0.39 is 0 Å². The fourth-order valence-electron chi connectivity index (χ4n) is 1.56. The van der Waals surface area contributed by atoms with Crippen molar-refractivity contribution in [3.05, 3.63) is 3.95 Å². The van der Waals surface area contributed by atoms with Gasteiger partial charge in [0, 0.05) is 6.04 Å². The molecule has 1 saturated carbocycles. The molecule has 72 valence electrons. The van der Waals surface area contributed by atoms with Crippen molar-refractivity contribution >= 4 is 28.7 Å². The van der Waals surface area contributed by atoms with Crippen LogP contribution < -0.4 is 5.32 Å². The first-order valence-electron chi connectivity index (χ1n) is 4.61. The molecule has 0 aromatic carbocycles. The van der Waals surface area contributed by atoms with Gasteiger partial charge in [0.1, 0.15) is 0 Å². The van der Waals surface area contributed by atoms with E-state index >= 15 is 0 Å². The maximum atomic E-state index is 4.95. The van der Waals surface area contributed by atoms with E-state index in [1.807, 2.05) is 0 Å². The van der Waals surface area contributed by atoms with Crippen LogP contribution in [0.2, 0.25) is 0 Å². The van der Waals surface area contributed by atoms with Gasteiger partial charge in [-0.2, -0.15) is 0 Å². The smallest absolute Gasteiger partial charge is 0.204 e. The highest BCUT2D eigenvalue weighted by molar-refractivity contribution is 7.73. The lowest BCUT2D eigenvalue weighted by Gasteiger charge is -1.98. The maximum Gasteiger partial charge on any atom is 0.204 e. The molecule has 0 aliphatic heterocycles. The second-order valence-electron chi connectivity index (χ2n) is 3.45. The van der Waals surface area contributed by atoms with Crippen LogP contribution in [0.4, 0.5) is 5.13 Å². The number of hydrogen-bond donors (Lipinski definition) is 2. The lowest BCUT2D eigenvalue weighted by Crippen LogP contribution is -2.03. The van der Waals surface area contributed by atoms with Gasteiger partial charge in [-0.1, -0.05) is 24.7 Å². The molecule has 2 N–H and O–H groups in total. The Morgan fingerprint density at radius 1 is 1.77 bits per heavy atom. The highest BCUT2D eigenvalue weighted by Gasteiger charge is 2.36. The molecule has 13 heavy (non-hydrogen) atoms. The number of aromatic nitrogens is 2. The fraction of sp³-hybridized carbons (Fsp3) is 0.750. The van der Waals surface area contributed by atoms with Crippen molar-refractivity contribution in [2.24, 2.45) is 5.92 Å². The topological polar surface area (TPSA) is 40.7 Å². The van der Waals surface area contributed by atoms with Gasteiger partial charge in [0.2, 0.25) is 5.13 Å². The van der Waals surface area contributed by atoms with Crippen LogP contribution in [0.25, 0.3) is 0 Å². The Labute approximate surface area is 86.6 Å². The summed E-state index contributed by atoms with van der Waals surface area (Å²) in [6.07, 6.45) is 3.90. The Kier molecular flexibility index (Phi) is 2.64. The van der Waals surface area contributed by atoms with Crippen LogP contribution in [0.15, 0.2) is 0 Å². The Balaban J connectivity index is 1.84. The zero-order valence-corrected chi connectivity index (χ0v) is 9.17. The second-order valence-corrected chi connectivity index (χ2v) is 5.12. The summed E-state index contributed by atoms with van der Waals surface area (Å²) in [4.78, 5) is 0. The minimum Gasteiger partial charge on any atom is -0.357 e. The van der Waals surface area contributed by atoms with E-state index in [-0.39, 0.29) is 0 Å². The van der Waals surface area contributed by atoms with Crippen molar-refractivity contribution in [3.8, 4) is 0 Å². The van der Waals surface area contributed by atoms with Crippen molar-refractivity contribution in [3.63, 3.8) is 0 Å². The normalized spacial score (nSPS) is 25.9. The van der Waals surface area contributed by atoms with Gasteiger partial charge in [-0.25, -0.2) is 0 Å². The first kappa shape index (κ1) is 9.15. The van der Waals surface area contributed by atoms with E-state index in [9.17, 15) is 0 Å². The van der Waals surface area contributed by atoms with Crippen LogP contribution in [0.5, 0.6) is 0 Å². The van der Waals surface area contributed by atoms with Crippen molar-refractivity contribution < 1.29 is 0 Å². The third-order valence-electron chi connectivity index (χ3n) is 2.33. The highest BCUT2D eigenvalue weighted by atomic mass is 32.1. The van der Waals surface area contributed by atoms with Crippen molar-refractivity contribution in [2.75, 3.05) is 5.32 Å². The molecular weight excluding hydrogens is 202 g/mol. The number of nitrogens with zero attached hydrogens (tertiary/aromatic N) is 1. The average Bonchev–Trinajstić information content (AvgIpc) is 2.66. The minimum atomic E-state index is 0.647. The quantitative estimate of drug-likeness (QED) is 0.759. The summed E-state index contributed by atoms with van der Waals surface area (Å²) in [5, 5.41) is 11.2. The molecule has 5 heteroatoms. The summed E-state index contributed by atoms with van der Waals surface area (Å²) >= 11 is 6.46. The summed E-state index contributed by atoms with van der Waals surface area (Å²) in [6.45, 7) is 2.23. The van der Waals surface area contributed by atoms with Gasteiger partial charge in [0.15, 0.2) is 3.95 Å². The van der Waals surface area contributed by atoms with Gasteiger partial charge in [-0.3, -0.25) is 5.10 Å². The lowest BCUT2D eigenvalue weighted by molar-refractivity contribution is 0.692. The highest BCUT2D eigenvalue weighted by Crippen LogP contribution is 2.37. The minimum absolute atomic E-state index is 0.647. The van der Waals surface area contributed by atoms with Crippen molar-refractivity contribution in [2.45, 2.75) is 32.2 Å². The van der Waals surface area contributed by atoms with Gasteiger partial charge < -0.3 is 5.32 Å². The molecule has 0 spiro atoms. The molecular formula is C8H13N3S2. The molecule has 0 amide bonds. The van der Waals surface area contributed by atoms with Gasteiger partial charge in [0.25, 0.3) is 0 Å². The lowest BCUT2D eigenvalue weighted by atomic mass is 10.2. The van der Waals surface area contributed by atoms with E-state index in [1.54, 1.807) is 0 Å². The Bertz CT molecular complexity index is 330. The Morgan fingerprint density at radius 3 is 3.23 bits per heavy atom. The van der Waals surface area contributed by atoms with E-state index in [0.717, 1.165) is 15.0 Å². The summed E-state index contributed by atoms with van der Waals surface area (Å²) in [5.74, 6) is 0.863. The third-order valence-corrected chi connectivity index (χ3v) is 3.35. The van der Waals surface area contributed by atoms with Crippen LogP contribution in [0, 0.1) is 9.87 Å². The summed E-state index contributed by atoms with van der Waals surface area (Å²) in [5.41, 5.74) is 0. The SMILES string of the molecule is CCCC1CC1Nc1n[nH]c(=S)s1. The zero-order chi connectivity index (χ0) is 9.26. The molecule has 0 saturated heterocycles. The van der Waals surface area contributed by atoms with Gasteiger partial charge in [-0.15, -0.1) is 5.10 Å². The Hall–Kier alpha value is -0.420. The molecule has 1 heterocycles. The molecule has 1 aliphatic carbocycles. The van der Waals surface area contributed by atoms with Gasteiger partial charge in [0.05, 0.1) is 0 Å². The van der Waals surface area contributed by atoms with Crippen molar-refractivity contribution in [1.82, 2.24) is 10.2 Å². The van der Waals surface area contributed by atoms with E-state index in [4.69, 9.17) is 12.2 Å². The molecule has 3 nitrogen and oxygen atoms in total. The molecule has 1 fully saturated rings. The molecule has 2 rings (SSSR count). The van der Waals surface area contributed by atoms with Gasteiger partial charge in [-0.05, 0) is 31.0 Å². The summed E-state index contributed by atoms with van der Waals surface area (Å²) in [7, 11) is 0. The number of hydrogen-bond acceptors (Lipinski definition) is 4. The van der Waals surface area contributed by atoms with E-state index in [0.29, 0.717) is 6.04 Å². The number of nitrogens with one attached hydrogen (secondary N) is 2. The van der Waals surface area contributed by atoms with Crippen LogP contribution in [0.1, 0.15) is 26.2 Å². The van der Waals surface area contributed by atoms with Crippen LogP contribution in [-0.4, -0.2) is 16.2 Å². The molecule has 2 unspecified atom stereocenters. The van der Waals surface area contributed by atoms with E-state index in [2.05, 4.69) is 22.4 Å². The largest absolute Gasteiger partial charge is 0.357 e. The number of rotatable bonds is 4. The van der Waals surface area contributed by atoms with E-state index in [1.165, 1.54) is 30.6 Å². The van der Waals surface area contributed by atoms with Gasteiger partial charge >= 0.3 is 0 Å².